The van der Waals surface area contributed by atoms with Crippen LogP contribution in [0.15, 0.2) is 35.1 Å². The van der Waals surface area contributed by atoms with Gasteiger partial charge in [-0.1, -0.05) is 0 Å². The highest BCUT2D eigenvalue weighted by atomic mass is 16.5. The highest BCUT2D eigenvalue weighted by molar-refractivity contribution is 5.78. The molecule has 2 aliphatic rings. The van der Waals surface area contributed by atoms with Crippen LogP contribution in [0.4, 0.5) is 0 Å². The first kappa shape index (κ1) is 14.5. The lowest BCUT2D eigenvalue weighted by molar-refractivity contribution is -0.133. The lowest BCUT2D eigenvalue weighted by atomic mass is 10.2. The van der Waals surface area contributed by atoms with E-state index in [0.29, 0.717) is 31.3 Å². The van der Waals surface area contributed by atoms with Gasteiger partial charge in [-0.05, 0) is 37.0 Å². The van der Waals surface area contributed by atoms with Crippen molar-refractivity contribution in [3.05, 3.63) is 42.1 Å². The van der Waals surface area contributed by atoms with Crippen molar-refractivity contribution in [1.29, 1.82) is 0 Å². The van der Waals surface area contributed by atoms with Crippen molar-refractivity contribution < 1.29 is 13.9 Å². The first-order chi connectivity index (χ1) is 11.3. The molecule has 2 aromatic rings. The summed E-state index contributed by atoms with van der Waals surface area (Å²) in [6.45, 7) is 2.68. The second-order valence-electron chi connectivity index (χ2n) is 6.43. The fraction of sp³-hybridized carbons (Fsp3) is 0.529. The van der Waals surface area contributed by atoms with Crippen molar-refractivity contribution in [3.63, 3.8) is 0 Å². The summed E-state index contributed by atoms with van der Waals surface area (Å²) in [5, 5.41) is 4.36. The molecule has 0 saturated heterocycles. The maximum atomic E-state index is 12.6. The average molecular weight is 315 g/mol. The van der Waals surface area contributed by atoms with E-state index in [1.165, 1.54) is 12.8 Å². The lowest BCUT2D eigenvalue weighted by Crippen LogP contribution is -2.38. The molecule has 0 bridgehead atoms. The molecule has 1 atom stereocenters. The molecule has 0 N–H and O–H groups in total. The van der Waals surface area contributed by atoms with Gasteiger partial charge in [-0.15, -0.1) is 0 Å². The van der Waals surface area contributed by atoms with E-state index in [9.17, 15) is 4.79 Å². The van der Waals surface area contributed by atoms with Crippen LogP contribution in [0.3, 0.4) is 0 Å². The van der Waals surface area contributed by atoms with Gasteiger partial charge in [-0.2, -0.15) is 5.10 Å². The Kier molecular flexibility index (Phi) is 3.91. The molecule has 1 saturated carbocycles. The van der Waals surface area contributed by atoms with E-state index in [2.05, 4.69) is 5.10 Å². The number of nitrogens with zero attached hydrogens (tertiary/aromatic N) is 3. The molecule has 1 aliphatic heterocycles. The third kappa shape index (κ3) is 3.47. The van der Waals surface area contributed by atoms with Gasteiger partial charge in [0.1, 0.15) is 5.76 Å². The summed E-state index contributed by atoms with van der Waals surface area (Å²) in [4.78, 5) is 14.5. The Morgan fingerprint density at radius 3 is 3.04 bits per heavy atom. The third-order valence-electron chi connectivity index (χ3n) is 4.48. The van der Waals surface area contributed by atoms with E-state index in [-0.39, 0.29) is 18.4 Å². The molecule has 1 aliphatic carbocycles. The normalized spacial score (nSPS) is 21.0. The number of furan rings is 1. The van der Waals surface area contributed by atoms with Crippen molar-refractivity contribution in [2.75, 3.05) is 13.2 Å². The van der Waals surface area contributed by atoms with Gasteiger partial charge in [-0.3, -0.25) is 9.48 Å². The number of hydrogen-bond acceptors (Lipinski definition) is 4. The topological polar surface area (TPSA) is 60.5 Å². The first-order valence-corrected chi connectivity index (χ1v) is 8.20. The second kappa shape index (κ2) is 6.20. The number of carbonyl (C=O) groups excluding carboxylic acids is 1. The van der Waals surface area contributed by atoms with Crippen LogP contribution in [-0.4, -0.2) is 39.8 Å². The van der Waals surface area contributed by atoms with Gasteiger partial charge in [-0.25, -0.2) is 0 Å². The number of ether oxygens (including phenoxy) is 1. The number of hydrogen-bond donors (Lipinski definition) is 0. The van der Waals surface area contributed by atoms with Gasteiger partial charge in [0.2, 0.25) is 5.91 Å². The molecule has 2 aromatic heterocycles. The van der Waals surface area contributed by atoms with Gasteiger partial charge >= 0.3 is 0 Å². The van der Waals surface area contributed by atoms with Gasteiger partial charge in [0.05, 0.1) is 37.6 Å². The molecule has 6 heteroatoms. The summed E-state index contributed by atoms with van der Waals surface area (Å²) in [6.07, 6.45) is 6.20. The Morgan fingerprint density at radius 2 is 2.26 bits per heavy atom. The van der Waals surface area contributed by atoms with E-state index in [1.807, 2.05) is 27.8 Å². The molecular formula is C17H21N3O3. The minimum atomic E-state index is -0.00250. The maximum Gasteiger partial charge on any atom is 0.230 e. The Bertz CT molecular complexity index is 660. The summed E-state index contributed by atoms with van der Waals surface area (Å²) in [6, 6.07) is 5.61. The van der Waals surface area contributed by atoms with E-state index >= 15 is 0 Å². The third-order valence-corrected chi connectivity index (χ3v) is 4.48. The first-order valence-electron chi connectivity index (χ1n) is 8.20. The molecule has 4 rings (SSSR count). The zero-order valence-electron chi connectivity index (χ0n) is 13.1. The predicted octanol–water partition coefficient (Wildman–Crippen LogP) is 1.86. The fourth-order valence-corrected chi connectivity index (χ4v) is 2.94. The van der Waals surface area contributed by atoms with Crippen molar-refractivity contribution >= 4 is 5.91 Å². The van der Waals surface area contributed by atoms with Crippen LogP contribution in [0.1, 0.15) is 24.3 Å². The summed E-state index contributed by atoms with van der Waals surface area (Å²) in [5.74, 6) is 1.47. The number of rotatable bonds is 5. The summed E-state index contributed by atoms with van der Waals surface area (Å²) >= 11 is 0. The zero-order chi connectivity index (χ0) is 15.6. The van der Waals surface area contributed by atoms with E-state index in [1.54, 1.807) is 12.5 Å². The molecule has 6 nitrogen and oxygen atoms in total. The molecular weight excluding hydrogens is 294 g/mol. The standard InChI is InChI=1S/C17H21N3O3/c21-17(8-15-2-1-7-22-15)19-9-14-5-6-18-20(14)11-16(10-19)23-12-13-3-4-13/h1-2,5-7,13,16H,3-4,8-12H2/t16-/m0/s1. The largest absolute Gasteiger partial charge is 0.469 e. The average Bonchev–Trinajstić information content (AvgIpc) is 3.12. The molecule has 0 unspecified atom stereocenters. The van der Waals surface area contributed by atoms with E-state index in [4.69, 9.17) is 9.15 Å². The highest BCUT2D eigenvalue weighted by Crippen LogP contribution is 2.29. The van der Waals surface area contributed by atoms with Crippen LogP contribution < -0.4 is 0 Å². The van der Waals surface area contributed by atoms with E-state index in [0.717, 1.165) is 12.3 Å². The number of amides is 1. The fourth-order valence-electron chi connectivity index (χ4n) is 2.94. The highest BCUT2D eigenvalue weighted by Gasteiger charge is 2.29. The number of fused-ring (bicyclic) bond motifs is 1. The Balaban J connectivity index is 1.47. The molecule has 0 aromatic carbocycles. The Morgan fingerprint density at radius 1 is 1.35 bits per heavy atom. The van der Waals surface area contributed by atoms with Crippen LogP contribution in [0.25, 0.3) is 0 Å². The summed E-state index contributed by atoms with van der Waals surface area (Å²) in [7, 11) is 0. The molecule has 23 heavy (non-hydrogen) atoms. The van der Waals surface area contributed by atoms with Crippen molar-refractivity contribution in [3.8, 4) is 0 Å². The quantitative estimate of drug-likeness (QED) is 0.845. The van der Waals surface area contributed by atoms with Crippen LogP contribution in [-0.2, 0) is 29.0 Å². The maximum absolute atomic E-state index is 12.6. The van der Waals surface area contributed by atoms with Crippen molar-refractivity contribution in [1.82, 2.24) is 14.7 Å². The summed E-state index contributed by atoms with van der Waals surface area (Å²) < 4.78 is 13.3. The van der Waals surface area contributed by atoms with Gasteiger partial charge < -0.3 is 14.1 Å². The molecule has 1 fully saturated rings. The smallest absolute Gasteiger partial charge is 0.230 e. The molecule has 0 spiro atoms. The Labute approximate surface area is 135 Å². The van der Waals surface area contributed by atoms with Crippen LogP contribution in [0, 0.1) is 5.92 Å². The minimum absolute atomic E-state index is 0.00250. The zero-order valence-corrected chi connectivity index (χ0v) is 13.1. The van der Waals surface area contributed by atoms with Crippen molar-refractivity contribution in [2.24, 2.45) is 5.92 Å². The van der Waals surface area contributed by atoms with Crippen LogP contribution in [0.5, 0.6) is 0 Å². The molecule has 1 amide bonds. The number of aromatic nitrogens is 2. The van der Waals surface area contributed by atoms with E-state index < -0.39 is 0 Å². The molecule has 0 radical (unpaired) electrons. The minimum Gasteiger partial charge on any atom is -0.469 e. The number of carbonyl (C=O) groups is 1. The second-order valence-corrected chi connectivity index (χ2v) is 6.43. The monoisotopic (exact) mass is 315 g/mol. The Hall–Kier alpha value is -2.08. The van der Waals surface area contributed by atoms with Gasteiger partial charge in [0, 0.05) is 19.3 Å². The van der Waals surface area contributed by atoms with Gasteiger partial charge in [0.15, 0.2) is 0 Å². The molecule has 3 heterocycles. The molecule has 122 valence electrons. The predicted molar refractivity (Wildman–Crippen MR) is 82.5 cm³/mol. The SMILES string of the molecule is O=C(Cc1ccco1)N1Cc2ccnn2C[C@@H](OCC2CC2)C1. The van der Waals surface area contributed by atoms with Crippen molar-refractivity contribution in [2.45, 2.75) is 38.5 Å². The van der Waals surface area contributed by atoms with Gasteiger partial charge in [0.25, 0.3) is 0 Å². The van der Waals surface area contributed by atoms with Crippen LogP contribution in [0.2, 0.25) is 0 Å². The summed E-state index contributed by atoms with van der Waals surface area (Å²) in [5.41, 5.74) is 1.05. The lowest BCUT2D eigenvalue weighted by Gasteiger charge is -2.24. The van der Waals surface area contributed by atoms with Crippen LogP contribution >= 0.6 is 0 Å².